The molecule has 0 fully saturated rings. The van der Waals surface area contributed by atoms with Crippen molar-refractivity contribution in [2.24, 2.45) is 0 Å². The Kier molecular flexibility index (Phi) is 9.53. The van der Waals surface area contributed by atoms with Crippen LogP contribution in [-0.4, -0.2) is 60.5 Å². The highest BCUT2D eigenvalue weighted by molar-refractivity contribution is 7.87. The van der Waals surface area contributed by atoms with Crippen LogP contribution in [-0.2, 0) is 42.2 Å². The van der Waals surface area contributed by atoms with Crippen LogP contribution in [0.2, 0.25) is 0 Å². The number of esters is 1. The average molecular weight is 516 g/mol. The maximum absolute atomic E-state index is 13.0. The number of benzene rings is 1. The fourth-order valence-corrected chi connectivity index (χ4v) is 4.15. The second kappa shape index (κ2) is 11.7. The number of hydrogen-bond donors (Lipinski definition) is 4. The Morgan fingerprint density at radius 3 is 2.41 bits per heavy atom. The molecule has 34 heavy (non-hydrogen) atoms. The number of rotatable bonds is 11. The second-order valence-electron chi connectivity index (χ2n) is 8.41. The molecule has 2 atom stereocenters. The molecule has 0 bridgehead atoms. The van der Waals surface area contributed by atoms with Gasteiger partial charge in [-0.25, -0.2) is 4.98 Å². The van der Waals surface area contributed by atoms with Crippen molar-refractivity contribution in [1.29, 1.82) is 0 Å². The van der Waals surface area contributed by atoms with Gasteiger partial charge in [0.05, 0.1) is 24.3 Å². The zero-order valence-electron chi connectivity index (χ0n) is 19.3. The molecule has 1 heterocycles. The predicted octanol–water partition coefficient (Wildman–Crippen LogP) is 1.65. The Hall–Kier alpha value is -2.58. The zero-order chi connectivity index (χ0) is 25.5. The van der Waals surface area contributed by atoms with Crippen LogP contribution in [0.15, 0.2) is 29.6 Å². The average Bonchev–Trinajstić information content (AvgIpc) is 3.16. The lowest BCUT2D eigenvalue weighted by molar-refractivity contribution is -0.156. The number of nitrogens with one attached hydrogen (secondary N) is 2. The third-order valence-corrected chi connectivity index (χ3v) is 5.79. The highest BCUT2D eigenvalue weighted by atomic mass is 32.2. The first-order chi connectivity index (χ1) is 15.8. The van der Waals surface area contributed by atoms with E-state index in [4.69, 9.17) is 9.29 Å². The summed E-state index contributed by atoms with van der Waals surface area (Å²) in [7, 11) is -3.08. The summed E-state index contributed by atoms with van der Waals surface area (Å²) in [6, 6.07) is 6.16. The number of carbonyl (C=O) groups is 2. The van der Waals surface area contributed by atoms with Crippen molar-refractivity contribution in [1.82, 2.24) is 10.3 Å². The van der Waals surface area contributed by atoms with Crippen molar-refractivity contribution in [3.8, 4) is 0 Å². The van der Waals surface area contributed by atoms with Gasteiger partial charge in [-0.15, -0.1) is 11.3 Å². The number of ether oxygens (including phenoxy) is 2. The van der Waals surface area contributed by atoms with Crippen molar-refractivity contribution in [2.75, 3.05) is 18.4 Å². The number of hydrogen-bond acceptors (Lipinski definition) is 9. The third kappa shape index (κ3) is 9.73. The molecule has 2 aromatic rings. The molecule has 13 heteroatoms. The molecule has 0 spiro atoms. The van der Waals surface area contributed by atoms with Gasteiger partial charge < -0.3 is 19.9 Å². The summed E-state index contributed by atoms with van der Waals surface area (Å²) in [4.78, 5) is 29.5. The summed E-state index contributed by atoms with van der Waals surface area (Å²) in [5, 5.41) is 14.0. The van der Waals surface area contributed by atoms with Crippen LogP contribution in [0, 0.1) is 0 Å². The van der Waals surface area contributed by atoms with Gasteiger partial charge in [-0.1, -0.05) is 12.1 Å². The van der Waals surface area contributed by atoms with Gasteiger partial charge in [0.25, 0.3) is 0 Å². The Morgan fingerprint density at radius 1 is 1.21 bits per heavy atom. The number of thiazole rings is 1. The van der Waals surface area contributed by atoms with Crippen LogP contribution in [0.3, 0.4) is 0 Å². The van der Waals surface area contributed by atoms with Crippen molar-refractivity contribution in [3.05, 3.63) is 45.9 Å². The van der Waals surface area contributed by atoms with E-state index in [1.54, 1.807) is 38.3 Å². The predicted molar refractivity (Wildman–Crippen MR) is 126 cm³/mol. The largest absolute Gasteiger partial charge is 0.459 e. The first-order valence-corrected chi connectivity index (χ1v) is 12.6. The van der Waals surface area contributed by atoms with Gasteiger partial charge in [0, 0.05) is 12.5 Å². The number of anilines is 1. The number of nitrogens with zero attached hydrogens (tertiary/aromatic N) is 1. The van der Waals surface area contributed by atoms with Crippen molar-refractivity contribution in [3.63, 3.8) is 0 Å². The van der Waals surface area contributed by atoms with E-state index in [2.05, 4.69) is 15.0 Å². The molecule has 1 aromatic heterocycles. The summed E-state index contributed by atoms with van der Waals surface area (Å²) in [5.41, 5.74) is 0.618. The van der Waals surface area contributed by atoms with Gasteiger partial charge in [-0.3, -0.25) is 18.9 Å². The fraction of sp³-hybridized carbons (Fsp3) is 0.476. The molecule has 0 aliphatic rings. The zero-order valence-corrected chi connectivity index (χ0v) is 20.9. The first kappa shape index (κ1) is 27.7. The highest BCUT2D eigenvalue weighted by Gasteiger charge is 2.29. The third-order valence-electron chi connectivity index (χ3n) is 4.29. The molecule has 4 N–H and O–H groups in total. The first-order valence-electron chi connectivity index (χ1n) is 10.2. The molecular weight excluding hydrogens is 486 g/mol. The highest BCUT2D eigenvalue weighted by Crippen LogP contribution is 2.28. The molecular formula is C21H29N3O8S2. The van der Waals surface area contributed by atoms with Crippen molar-refractivity contribution < 1.29 is 37.1 Å². The van der Waals surface area contributed by atoms with Crippen LogP contribution in [0.4, 0.5) is 5.69 Å². The second-order valence-corrected chi connectivity index (χ2v) is 10.5. The van der Waals surface area contributed by atoms with E-state index in [1.807, 2.05) is 4.72 Å². The normalized spacial score (nSPS) is 13.7. The molecule has 0 saturated carbocycles. The molecule has 0 unspecified atom stereocenters. The Balaban J connectivity index is 2.18. The summed E-state index contributed by atoms with van der Waals surface area (Å²) >= 11 is 1.22. The lowest BCUT2D eigenvalue weighted by atomic mass is 9.99. The molecule has 1 amide bonds. The monoisotopic (exact) mass is 515 g/mol. The van der Waals surface area contributed by atoms with E-state index >= 15 is 0 Å². The van der Waals surface area contributed by atoms with Gasteiger partial charge >= 0.3 is 16.3 Å². The summed E-state index contributed by atoms with van der Waals surface area (Å²) in [5.74, 6) is -1.60. The maximum atomic E-state index is 13.0. The quantitative estimate of drug-likeness (QED) is 0.198. The van der Waals surface area contributed by atoms with E-state index in [9.17, 15) is 23.1 Å². The SMILES string of the molecule is CO[C@H](O)CNC(=O)Cc1csc([C@@H](Cc2ccc(NS(=O)(=O)O)cc2)C(=O)OC(C)(C)C)n1. The van der Waals surface area contributed by atoms with Crippen molar-refractivity contribution >= 4 is 39.2 Å². The Labute approximate surface area is 202 Å². The molecule has 2 rings (SSSR count). The molecule has 0 aliphatic heterocycles. The summed E-state index contributed by atoms with van der Waals surface area (Å²) < 4.78 is 43.0. The van der Waals surface area contributed by atoms with Crippen LogP contribution in [0.1, 0.15) is 43.0 Å². The van der Waals surface area contributed by atoms with E-state index < -0.39 is 34.1 Å². The summed E-state index contributed by atoms with van der Waals surface area (Å²) in [6.45, 7) is 5.20. The minimum atomic E-state index is -4.39. The number of aliphatic hydroxyl groups is 1. The molecule has 0 radical (unpaired) electrons. The molecule has 11 nitrogen and oxygen atoms in total. The van der Waals surface area contributed by atoms with Gasteiger partial charge in [0.1, 0.15) is 16.5 Å². The van der Waals surface area contributed by atoms with Gasteiger partial charge in [0.15, 0.2) is 6.29 Å². The standard InChI is InChI=1S/C21H29N3O8S2/c1-21(2,3)32-20(27)16(9-13-5-7-14(8-6-13)24-34(28,29)30)19-23-15(12-33-19)10-17(25)22-11-18(26)31-4/h5-8,12,16,18,24,26H,9-11H2,1-4H3,(H,22,25)(H,28,29,30)/t16-,18+/m1/s1. The van der Waals surface area contributed by atoms with E-state index in [-0.39, 0.29) is 31.0 Å². The molecule has 0 aliphatic carbocycles. The Morgan fingerprint density at radius 2 is 1.85 bits per heavy atom. The van der Waals surface area contributed by atoms with E-state index in [0.717, 1.165) is 0 Å². The molecule has 1 aromatic carbocycles. The van der Waals surface area contributed by atoms with Crippen LogP contribution in [0.25, 0.3) is 0 Å². The maximum Gasteiger partial charge on any atom is 0.357 e. The topological polar surface area (TPSA) is 164 Å². The van der Waals surface area contributed by atoms with E-state index in [1.165, 1.54) is 30.6 Å². The lowest BCUT2D eigenvalue weighted by Crippen LogP contribution is -2.34. The van der Waals surface area contributed by atoms with Gasteiger partial charge in [0.2, 0.25) is 5.91 Å². The van der Waals surface area contributed by atoms with Gasteiger partial charge in [-0.05, 0) is 44.9 Å². The molecule has 188 valence electrons. The fourth-order valence-electron chi connectivity index (χ4n) is 2.81. The smallest absolute Gasteiger partial charge is 0.357 e. The lowest BCUT2D eigenvalue weighted by Gasteiger charge is -2.23. The van der Waals surface area contributed by atoms with Crippen LogP contribution in [0.5, 0.6) is 0 Å². The van der Waals surface area contributed by atoms with E-state index in [0.29, 0.717) is 16.3 Å². The number of aliphatic hydroxyl groups excluding tert-OH is 1. The molecule has 0 saturated heterocycles. The number of carbonyl (C=O) groups excluding carboxylic acids is 2. The minimum absolute atomic E-state index is 0.0377. The number of methoxy groups -OCH3 is 1. The number of aromatic nitrogens is 1. The Bertz CT molecular complexity index is 1080. The summed E-state index contributed by atoms with van der Waals surface area (Å²) in [6.07, 6.45) is -0.921. The van der Waals surface area contributed by atoms with Gasteiger partial charge in [-0.2, -0.15) is 8.42 Å². The van der Waals surface area contributed by atoms with Crippen molar-refractivity contribution in [2.45, 2.75) is 51.4 Å². The number of amides is 1. The van der Waals surface area contributed by atoms with Crippen LogP contribution >= 0.6 is 11.3 Å². The minimum Gasteiger partial charge on any atom is -0.459 e. The van der Waals surface area contributed by atoms with Crippen LogP contribution < -0.4 is 10.0 Å².